The van der Waals surface area contributed by atoms with Crippen molar-refractivity contribution in [2.45, 2.75) is 38.5 Å². The standard InChI is InChI=1S/C14H21NO2S/c1-2-15(8-4-9-16)14(17)12-5-3-6-13-11(12)7-10-18-13/h7,10,12,16H,2-6,8-9H2,1H3. The monoisotopic (exact) mass is 267 g/mol. The molecule has 0 radical (unpaired) electrons. The molecule has 1 aliphatic rings. The zero-order chi connectivity index (χ0) is 13.0. The number of hydrogen-bond acceptors (Lipinski definition) is 3. The molecule has 0 bridgehead atoms. The van der Waals surface area contributed by atoms with Crippen LogP contribution in [0.25, 0.3) is 0 Å². The van der Waals surface area contributed by atoms with Gasteiger partial charge >= 0.3 is 0 Å². The number of nitrogens with zero attached hydrogens (tertiary/aromatic N) is 1. The van der Waals surface area contributed by atoms with Gasteiger partial charge in [-0.05, 0) is 49.6 Å². The first-order valence-electron chi connectivity index (χ1n) is 6.73. The average Bonchev–Trinajstić information content (AvgIpc) is 2.87. The summed E-state index contributed by atoms with van der Waals surface area (Å²) in [5, 5.41) is 11.0. The number of amides is 1. The molecule has 4 heteroatoms. The summed E-state index contributed by atoms with van der Waals surface area (Å²) >= 11 is 1.77. The highest BCUT2D eigenvalue weighted by atomic mass is 32.1. The van der Waals surface area contributed by atoms with Gasteiger partial charge in [0.1, 0.15) is 0 Å². The van der Waals surface area contributed by atoms with E-state index in [1.54, 1.807) is 11.3 Å². The van der Waals surface area contributed by atoms with Crippen molar-refractivity contribution in [3.05, 3.63) is 21.9 Å². The number of aliphatic hydroxyl groups excluding tert-OH is 1. The van der Waals surface area contributed by atoms with Crippen molar-refractivity contribution in [3.63, 3.8) is 0 Å². The molecule has 0 aliphatic heterocycles. The van der Waals surface area contributed by atoms with Gasteiger partial charge in [0.05, 0.1) is 5.92 Å². The molecule has 1 atom stereocenters. The van der Waals surface area contributed by atoms with E-state index in [0.29, 0.717) is 13.0 Å². The van der Waals surface area contributed by atoms with E-state index >= 15 is 0 Å². The van der Waals surface area contributed by atoms with E-state index in [1.165, 1.54) is 10.4 Å². The third-order valence-electron chi connectivity index (χ3n) is 3.63. The van der Waals surface area contributed by atoms with Gasteiger partial charge in [-0.15, -0.1) is 11.3 Å². The van der Waals surface area contributed by atoms with Crippen LogP contribution in [0.2, 0.25) is 0 Å². The fourth-order valence-corrected chi connectivity index (χ4v) is 3.64. The highest BCUT2D eigenvalue weighted by molar-refractivity contribution is 7.10. The molecule has 1 aliphatic carbocycles. The Balaban J connectivity index is 2.09. The minimum absolute atomic E-state index is 0.0543. The van der Waals surface area contributed by atoms with Gasteiger partial charge in [-0.3, -0.25) is 4.79 Å². The number of aliphatic hydroxyl groups is 1. The topological polar surface area (TPSA) is 40.5 Å². The number of rotatable bonds is 5. The van der Waals surface area contributed by atoms with Gasteiger partial charge in [0.25, 0.3) is 0 Å². The van der Waals surface area contributed by atoms with Crippen LogP contribution < -0.4 is 0 Å². The van der Waals surface area contributed by atoms with E-state index in [2.05, 4.69) is 11.4 Å². The molecule has 1 N–H and O–H groups in total. The van der Waals surface area contributed by atoms with Gasteiger partial charge in [-0.1, -0.05) is 0 Å². The second-order valence-corrected chi connectivity index (χ2v) is 5.74. The lowest BCUT2D eigenvalue weighted by atomic mass is 9.86. The summed E-state index contributed by atoms with van der Waals surface area (Å²) in [7, 11) is 0. The van der Waals surface area contributed by atoms with Crippen LogP contribution in [-0.4, -0.2) is 35.6 Å². The molecule has 3 nitrogen and oxygen atoms in total. The van der Waals surface area contributed by atoms with Gasteiger partial charge in [0.2, 0.25) is 5.91 Å². The summed E-state index contributed by atoms with van der Waals surface area (Å²) in [5.74, 6) is 0.295. The third kappa shape index (κ3) is 2.75. The summed E-state index contributed by atoms with van der Waals surface area (Å²) in [4.78, 5) is 15.8. The Morgan fingerprint density at radius 3 is 3.17 bits per heavy atom. The number of carbonyl (C=O) groups excluding carboxylic acids is 1. The van der Waals surface area contributed by atoms with Crippen molar-refractivity contribution in [3.8, 4) is 0 Å². The van der Waals surface area contributed by atoms with Gasteiger partial charge in [0.15, 0.2) is 0 Å². The maximum atomic E-state index is 12.5. The molecule has 2 rings (SSSR count). The molecular weight excluding hydrogens is 246 g/mol. The van der Waals surface area contributed by atoms with Crippen LogP contribution in [0.5, 0.6) is 0 Å². The van der Waals surface area contributed by atoms with Crippen LogP contribution in [0.1, 0.15) is 42.5 Å². The number of hydrogen-bond donors (Lipinski definition) is 1. The number of thiophene rings is 1. The lowest BCUT2D eigenvalue weighted by Crippen LogP contribution is -2.37. The zero-order valence-corrected chi connectivity index (χ0v) is 11.7. The molecule has 1 heterocycles. The first kappa shape index (κ1) is 13.6. The maximum absolute atomic E-state index is 12.5. The largest absolute Gasteiger partial charge is 0.396 e. The Bertz CT molecular complexity index is 402. The fraction of sp³-hybridized carbons (Fsp3) is 0.643. The van der Waals surface area contributed by atoms with E-state index in [-0.39, 0.29) is 18.4 Å². The van der Waals surface area contributed by atoms with Crippen molar-refractivity contribution in [2.75, 3.05) is 19.7 Å². The van der Waals surface area contributed by atoms with Crippen LogP contribution in [0.15, 0.2) is 11.4 Å². The average molecular weight is 267 g/mol. The molecular formula is C14H21NO2S. The van der Waals surface area contributed by atoms with E-state index in [0.717, 1.165) is 25.8 Å². The fourth-order valence-electron chi connectivity index (χ4n) is 2.65. The molecule has 0 spiro atoms. The van der Waals surface area contributed by atoms with Crippen molar-refractivity contribution >= 4 is 17.2 Å². The third-order valence-corrected chi connectivity index (χ3v) is 4.63. The molecule has 1 aromatic heterocycles. The van der Waals surface area contributed by atoms with Gasteiger partial charge in [-0.25, -0.2) is 0 Å². The van der Waals surface area contributed by atoms with Crippen LogP contribution in [0.4, 0.5) is 0 Å². The van der Waals surface area contributed by atoms with Crippen molar-refractivity contribution in [1.29, 1.82) is 0 Å². The Morgan fingerprint density at radius 1 is 1.61 bits per heavy atom. The number of fused-ring (bicyclic) bond motifs is 1. The summed E-state index contributed by atoms with van der Waals surface area (Å²) in [6, 6.07) is 2.11. The quantitative estimate of drug-likeness (QED) is 0.890. The maximum Gasteiger partial charge on any atom is 0.230 e. The number of aryl methyl sites for hydroxylation is 1. The molecule has 1 unspecified atom stereocenters. The summed E-state index contributed by atoms with van der Waals surface area (Å²) in [6.45, 7) is 3.56. The summed E-state index contributed by atoms with van der Waals surface area (Å²) in [6.07, 6.45) is 3.88. The van der Waals surface area contributed by atoms with Crippen LogP contribution in [-0.2, 0) is 11.2 Å². The molecule has 1 amide bonds. The molecule has 0 saturated heterocycles. The molecule has 18 heavy (non-hydrogen) atoms. The predicted molar refractivity (Wildman–Crippen MR) is 74.0 cm³/mol. The Kier molecular flexibility index (Phi) is 4.78. The molecule has 0 saturated carbocycles. The zero-order valence-electron chi connectivity index (χ0n) is 10.9. The first-order valence-corrected chi connectivity index (χ1v) is 7.61. The van der Waals surface area contributed by atoms with Gasteiger partial charge < -0.3 is 10.0 Å². The van der Waals surface area contributed by atoms with E-state index in [9.17, 15) is 4.79 Å². The second kappa shape index (κ2) is 6.34. The van der Waals surface area contributed by atoms with Crippen LogP contribution in [0, 0.1) is 0 Å². The van der Waals surface area contributed by atoms with E-state index < -0.39 is 0 Å². The van der Waals surface area contributed by atoms with E-state index in [1.807, 2.05) is 11.8 Å². The van der Waals surface area contributed by atoms with Gasteiger partial charge in [0, 0.05) is 24.6 Å². The number of likely N-dealkylation sites (N-methyl/N-ethyl adjacent to an activating group) is 1. The van der Waals surface area contributed by atoms with Gasteiger partial charge in [-0.2, -0.15) is 0 Å². The minimum atomic E-state index is 0.0543. The Labute approximate surface area is 112 Å². The molecule has 100 valence electrons. The lowest BCUT2D eigenvalue weighted by molar-refractivity contribution is -0.133. The van der Waals surface area contributed by atoms with Crippen molar-refractivity contribution in [1.82, 2.24) is 4.90 Å². The Hall–Kier alpha value is -0.870. The second-order valence-electron chi connectivity index (χ2n) is 4.74. The van der Waals surface area contributed by atoms with Crippen molar-refractivity contribution in [2.24, 2.45) is 0 Å². The minimum Gasteiger partial charge on any atom is -0.396 e. The highest BCUT2D eigenvalue weighted by Gasteiger charge is 2.29. The van der Waals surface area contributed by atoms with Crippen LogP contribution >= 0.6 is 11.3 Å². The lowest BCUT2D eigenvalue weighted by Gasteiger charge is -2.28. The first-order chi connectivity index (χ1) is 8.77. The van der Waals surface area contributed by atoms with Crippen molar-refractivity contribution < 1.29 is 9.90 Å². The normalized spacial score (nSPS) is 18.4. The number of carbonyl (C=O) groups is 1. The smallest absolute Gasteiger partial charge is 0.230 e. The SMILES string of the molecule is CCN(CCCO)C(=O)C1CCCc2sccc21. The summed E-state index contributed by atoms with van der Waals surface area (Å²) < 4.78 is 0. The predicted octanol–water partition coefficient (Wildman–Crippen LogP) is 2.40. The molecule has 0 fully saturated rings. The van der Waals surface area contributed by atoms with Crippen LogP contribution in [0.3, 0.4) is 0 Å². The summed E-state index contributed by atoms with van der Waals surface area (Å²) in [5.41, 5.74) is 1.25. The Morgan fingerprint density at radius 2 is 2.44 bits per heavy atom. The highest BCUT2D eigenvalue weighted by Crippen LogP contribution is 2.36. The molecule has 1 aromatic rings. The molecule has 0 aromatic carbocycles. The van der Waals surface area contributed by atoms with E-state index in [4.69, 9.17) is 5.11 Å².